The summed E-state index contributed by atoms with van der Waals surface area (Å²) < 4.78 is 15.7. The molecule has 0 spiro atoms. The molecule has 0 saturated carbocycles. The van der Waals surface area contributed by atoms with Crippen molar-refractivity contribution in [3.8, 4) is 0 Å². The molecule has 0 fully saturated rings. The summed E-state index contributed by atoms with van der Waals surface area (Å²) in [6.45, 7) is 2.22. The molecule has 0 radical (unpaired) electrons. The molecule has 0 saturated heterocycles. The van der Waals surface area contributed by atoms with Gasteiger partial charge in [-0.1, -0.05) is 18.2 Å². The minimum atomic E-state index is -0.268. The molecule has 102 valence electrons. The lowest BCUT2D eigenvalue weighted by molar-refractivity contribution is 0.596. The van der Waals surface area contributed by atoms with Gasteiger partial charge in [0.25, 0.3) is 0 Å². The summed E-state index contributed by atoms with van der Waals surface area (Å²) in [6, 6.07) is 10.4. The van der Waals surface area contributed by atoms with E-state index in [1.54, 1.807) is 18.3 Å². The second-order valence-corrected chi connectivity index (χ2v) is 5.26. The molecule has 20 heavy (non-hydrogen) atoms. The number of rotatable bonds is 3. The number of imidazole rings is 1. The second-order valence-electron chi connectivity index (χ2n) is 4.61. The van der Waals surface area contributed by atoms with Gasteiger partial charge in [0.1, 0.15) is 17.2 Å². The molecule has 1 unspecified atom stereocenters. The van der Waals surface area contributed by atoms with Crippen molar-refractivity contribution in [3.63, 3.8) is 0 Å². The summed E-state index contributed by atoms with van der Waals surface area (Å²) in [6.07, 6.45) is 1.70. The molecule has 3 nitrogen and oxygen atoms in total. The maximum absolute atomic E-state index is 13.8. The first-order valence-electron chi connectivity index (χ1n) is 6.35. The summed E-state index contributed by atoms with van der Waals surface area (Å²) in [5.41, 5.74) is 2.08. The van der Waals surface area contributed by atoms with Crippen LogP contribution in [0.1, 0.15) is 23.7 Å². The number of pyridine rings is 1. The van der Waals surface area contributed by atoms with Crippen LogP contribution in [-0.4, -0.2) is 14.5 Å². The summed E-state index contributed by atoms with van der Waals surface area (Å²) in [7, 11) is 0. The smallest absolute Gasteiger partial charge is 0.160 e. The molecule has 0 aliphatic rings. The molecule has 0 bridgehead atoms. The average Bonchev–Trinajstić information content (AvgIpc) is 2.81. The minimum Gasteiger partial charge on any atom is -0.307 e. The van der Waals surface area contributed by atoms with Gasteiger partial charge in [-0.25, -0.2) is 14.4 Å². The first-order chi connectivity index (χ1) is 9.66. The molecule has 3 rings (SSSR count). The molecular formula is C15H13ClFN3. The van der Waals surface area contributed by atoms with E-state index in [4.69, 9.17) is 11.6 Å². The van der Waals surface area contributed by atoms with Crippen molar-refractivity contribution in [3.05, 3.63) is 59.8 Å². The predicted octanol–water partition coefficient (Wildman–Crippen LogP) is 3.92. The number of nitrogens with zero attached hydrogens (tertiary/aromatic N) is 3. The molecule has 0 aliphatic carbocycles. The molecule has 2 aromatic heterocycles. The van der Waals surface area contributed by atoms with Gasteiger partial charge in [-0.3, -0.25) is 0 Å². The number of hydrogen-bond donors (Lipinski definition) is 0. The van der Waals surface area contributed by atoms with Crippen LogP contribution in [0.5, 0.6) is 0 Å². The first-order valence-corrected chi connectivity index (χ1v) is 6.79. The SMILES string of the molecule is CC(Cl)c1nc2cccnc2n1Cc1ccccc1F. The van der Waals surface area contributed by atoms with Gasteiger partial charge in [-0.2, -0.15) is 0 Å². The average molecular weight is 290 g/mol. The van der Waals surface area contributed by atoms with Gasteiger partial charge in [-0.15, -0.1) is 11.6 Å². The Hall–Kier alpha value is -1.94. The number of halogens is 2. The first kappa shape index (κ1) is 13.1. The fraction of sp³-hybridized carbons (Fsp3) is 0.200. The molecule has 1 atom stereocenters. The van der Waals surface area contributed by atoms with Crippen molar-refractivity contribution in [2.75, 3.05) is 0 Å². The Morgan fingerprint density at radius 3 is 2.80 bits per heavy atom. The molecule has 3 aromatic rings. The van der Waals surface area contributed by atoms with E-state index >= 15 is 0 Å². The molecular weight excluding hydrogens is 277 g/mol. The van der Waals surface area contributed by atoms with Crippen molar-refractivity contribution in [2.45, 2.75) is 18.8 Å². The van der Waals surface area contributed by atoms with Crippen LogP contribution in [0.3, 0.4) is 0 Å². The second kappa shape index (κ2) is 5.21. The highest BCUT2D eigenvalue weighted by Crippen LogP contribution is 2.24. The zero-order valence-corrected chi connectivity index (χ0v) is 11.7. The number of benzene rings is 1. The van der Waals surface area contributed by atoms with Gasteiger partial charge < -0.3 is 4.57 Å². The lowest BCUT2D eigenvalue weighted by Crippen LogP contribution is -2.07. The highest BCUT2D eigenvalue weighted by molar-refractivity contribution is 6.20. The Kier molecular flexibility index (Phi) is 3.40. The van der Waals surface area contributed by atoms with Crippen LogP contribution < -0.4 is 0 Å². The highest BCUT2D eigenvalue weighted by Gasteiger charge is 2.16. The number of aromatic nitrogens is 3. The third kappa shape index (κ3) is 2.27. The van der Waals surface area contributed by atoms with Gasteiger partial charge >= 0.3 is 0 Å². The fourth-order valence-electron chi connectivity index (χ4n) is 2.23. The van der Waals surface area contributed by atoms with E-state index in [9.17, 15) is 4.39 Å². The maximum Gasteiger partial charge on any atom is 0.160 e. The van der Waals surface area contributed by atoms with Crippen molar-refractivity contribution in [2.24, 2.45) is 0 Å². The summed E-state index contributed by atoms with van der Waals surface area (Å²) in [5.74, 6) is 0.460. The lowest BCUT2D eigenvalue weighted by Gasteiger charge is -2.10. The van der Waals surface area contributed by atoms with E-state index in [1.165, 1.54) is 6.07 Å². The van der Waals surface area contributed by atoms with E-state index in [0.29, 0.717) is 17.9 Å². The van der Waals surface area contributed by atoms with Gasteiger partial charge in [0.15, 0.2) is 5.65 Å². The summed E-state index contributed by atoms with van der Waals surface area (Å²) in [4.78, 5) is 8.81. The molecule has 5 heteroatoms. The fourth-order valence-corrected chi connectivity index (χ4v) is 2.40. The van der Waals surface area contributed by atoms with E-state index in [2.05, 4.69) is 9.97 Å². The van der Waals surface area contributed by atoms with Crippen LogP contribution >= 0.6 is 11.6 Å². The van der Waals surface area contributed by atoms with Gasteiger partial charge in [0, 0.05) is 11.8 Å². The quantitative estimate of drug-likeness (QED) is 0.684. The molecule has 1 aromatic carbocycles. The monoisotopic (exact) mass is 289 g/mol. The van der Waals surface area contributed by atoms with Crippen LogP contribution in [0.25, 0.3) is 11.2 Å². The number of alkyl halides is 1. The van der Waals surface area contributed by atoms with Crippen molar-refractivity contribution < 1.29 is 4.39 Å². The Bertz CT molecular complexity index is 752. The van der Waals surface area contributed by atoms with Crippen LogP contribution in [0.4, 0.5) is 4.39 Å². The van der Waals surface area contributed by atoms with Crippen LogP contribution in [0.15, 0.2) is 42.6 Å². The van der Waals surface area contributed by atoms with Crippen LogP contribution in [0.2, 0.25) is 0 Å². The van der Waals surface area contributed by atoms with E-state index < -0.39 is 0 Å². The molecule has 0 N–H and O–H groups in total. The predicted molar refractivity (Wildman–Crippen MR) is 77.3 cm³/mol. The van der Waals surface area contributed by atoms with Crippen LogP contribution in [0, 0.1) is 5.82 Å². The number of fused-ring (bicyclic) bond motifs is 1. The normalized spacial score (nSPS) is 12.8. The van der Waals surface area contributed by atoms with Gasteiger partial charge in [0.2, 0.25) is 0 Å². The Balaban J connectivity index is 2.14. The minimum absolute atomic E-state index is 0.238. The van der Waals surface area contributed by atoms with Crippen molar-refractivity contribution >= 4 is 22.8 Å². The summed E-state index contributed by atoms with van der Waals surface area (Å²) >= 11 is 6.18. The maximum atomic E-state index is 13.8. The van der Waals surface area contributed by atoms with E-state index in [-0.39, 0.29) is 11.2 Å². The van der Waals surface area contributed by atoms with Crippen molar-refractivity contribution in [1.29, 1.82) is 0 Å². The molecule has 2 heterocycles. The van der Waals surface area contributed by atoms with Gasteiger partial charge in [-0.05, 0) is 25.1 Å². The third-order valence-corrected chi connectivity index (χ3v) is 3.37. The third-order valence-electron chi connectivity index (χ3n) is 3.18. The Morgan fingerprint density at radius 2 is 2.05 bits per heavy atom. The number of hydrogen-bond acceptors (Lipinski definition) is 2. The highest BCUT2D eigenvalue weighted by atomic mass is 35.5. The summed E-state index contributed by atoms with van der Waals surface area (Å²) in [5, 5.41) is -0.268. The Labute approximate surface area is 121 Å². The zero-order chi connectivity index (χ0) is 14.1. The largest absolute Gasteiger partial charge is 0.307 e. The van der Waals surface area contributed by atoms with E-state index in [1.807, 2.05) is 29.7 Å². The standard InChI is InChI=1S/C15H13ClFN3/c1-10(16)14-19-13-7-4-8-18-15(13)20(14)9-11-5-2-3-6-12(11)17/h2-8,10H,9H2,1H3. The van der Waals surface area contributed by atoms with Gasteiger partial charge in [0.05, 0.1) is 11.9 Å². The topological polar surface area (TPSA) is 30.7 Å². The van der Waals surface area contributed by atoms with E-state index in [0.717, 1.165) is 11.2 Å². The van der Waals surface area contributed by atoms with Crippen molar-refractivity contribution in [1.82, 2.24) is 14.5 Å². The Morgan fingerprint density at radius 1 is 1.25 bits per heavy atom. The van der Waals surface area contributed by atoms with Crippen LogP contribution in [-0.2, 0) is 6.54 Å². The molecule has 0 aliphatic heterocycles. The molecule has 0 amide bonds. The zero-order valence-electron chi connectivity index (χ0n) is 10.9. The lowest BCUT2D eigenvalue weighted by atomic mass is 10.2.